The summed E-state index contributed by atoms with van der Waals surface area (Å²) in [5.74, 6) is 1.02. The first-order chi connectivity index (χ1) is 8.38. The van der Waals surface area contributed by atoms with Crippen LogP contribution in [0.5, 0.6) is 0 Å². The van der Waals surface area contributed by atoms with E-state index < -0.39 is 10.0 Å². The van der Waals surface area contributed by atoms with Gasteiger partial charge in [-0.15, -0.1) is 11.6 Å². The zero-order valence-electron chi connectivity index (χ0n) is 10.6. The van der Waals surface area contributed by atoms with Crippen molar-refractivity contribution in [3.63, 3.8) is 0 Å². The van der Waals surface area contributed by atoms with Crippen LogP contribution in [-0.4, -0.2) is 29.9 Å². The lowest BCUT2D eigenvalue weighted by atomic mass is 10.1. The Morgan fingerprint density at radius 2 is 2.28 bits per heavy atom. The summed E-state index contributed by atoms with van der Waals surface area (Å²) in [6.45, 7) is 2.22. The van der Waals surface area contributed by atoms with Crippen molar-refractivity contribution in [2.45, 2.75) is 36.6 Å². The van der Waals surface area contributed by atoms with E-state index in [2.05, 4.69) is 9.71 Å². The second-order valence-electron chi connectivity index (χ2n) is 4.87. The average Bonchev–Trinajstić information content (AvgIpc) is 2.84. The van der Waals surface area contributed by atoms with E-state index in [0.29, 0.717) is 18.3 Å². The van der Waals surface area contributed by atoms with Gasteiger partial charge in [-0.05, 0) is 32.1 Å². The standard InChI is InChI=1S/C11H18ClN3O2S/c1-8-14-11(7-15(8)2)18(16,17)13-6-9-3-4-10(12)5-9/h7,9-10,13H,3-6H2,1-2H3. The second-order valence-corrected chi connectivity index (χ2v) is 7.20. The second kappa shape index (κ2) is 5.19. The summed E-state index contributed by atoms with van der Waals surface area (Å²) >= 11 is 6.01. The van der Waals surface area contributed by atoms with E-state index in [-0.39, 0.29) is 10.4 Å². The maximum atomic E-state index is 12.0. The summed E-state index contributed by atoms with van der Waals surface area (Å²) in [6.07, 6.45) is 4.36. The number of sulfonamides is 1. The average molecular weight is 292 g/mol. The first kappa shape index (κ1) is 13.8. The van der Waals surface area contributed by atoms with Crippen LogP contribution in [0.3, 0.4) is 0 Å². The van der Waals surface area contributed by atoms with Gasteiger partial charge in [0, 0.05) is 25.2 Å². The molecule has 1 aliphatic carbocycles. The maximum Gasteiger partial charge on any atom is 0.259 e. The number of halogens is 1. The minimum Gasteiger partial charge on any atom is -0.337 e. The molecule has 1 aliphatic rings. The summed E-state index contributed by atoms with van der Waals surface area (Å²) < 4.78 is 28.3. The van der Waals surface area contributed by atoms with E-state index in [0.717, 1.165) is 19.3 Å². The molecular formula is C11H18ClN3O2S. The number of hydrogen-bond acceptors (Lipinski definition) is 3. The van der Waals surface area contributed by atoms with Crippen LogP contribution in [0.1, 0.15) is 25.1 Å². The molecule has 2 rings (SSSR count). The highest BCUT2D eigenvalue weighted by Gasteiger charge is 2.25. The van der Waals surface area contributed by atoms with Gasteiger partial charge in [0.1, 0.15) is 5.82 Å². The van der Waals surface area contributed by atoms with Crippen molar-refractivity contribution in [3.8, 4) is 0 Å². The number of rotatable bonds is 4. The maximum absolute atomic E-state index is 12.0. The normalized spacial score (nSPS) is 24.6. The number of nitrogens with one attached hydrogen (secondary N) is 1. The molecule has 0 bridgehead atoms. The zero-order chi connectivity index (χ0) is 13.3. The van der Waals surface area contributed by atoms with Gasteiger partial charge in [0.25, 0.3) is 10.0 Å². The molecule has 2 unspecified atom stereocenters. The van der Waals surface area contributed by atoms with Crippen molar-refractivity contribution in [1.82, 2.24) is 14.3 Å². The lowest BCUT2D eigenvalue weighted by Crippen LogP contribution is -2.29. The third-order valence-electron chi connectivity index (χ3n) is 3.40. The zero-order valence-corrected chi connectivity index (χ0v) is 12.1. The lowest BCUT2D eigenvalue weighted by Gasteiger charge is -2.09. The predicted molar refractivity (Wildman–Crippen MR) is 70.1 cm³/mol. The van der Waals surface area contributed by atoms with Crippen molar-refractivity contribution >= 4 is 21.6 Å². The third-order valence-corrected chi connectivity index (χ3v) is 5.09. The molecule has 1 heterocycles. The van der Waals surface area contributed by atoms with E-state index in [1.807, 2.05) is 0 Å². The Morgan fingerprint density at radius 1 is 1.56 bits per heavy atom. The fourth-order valence-electron chi connectivity index (χ4n) is 2.16. The number of aromatic nitrogens is 2. The number of aryl methyl sites for hydroxylation is 2. The molecule has 0 radical (unpaired) electrons. The van der Waals surface area contributed by atoms with Gasteiger partial charge in [-0.3, -0.25) is 0 Å². The predicted octanol–water partition coefficient (Wildman–Crippen LogP) is 1.41. The summed E-state index contributed by atoms with van der Waals surface area (Å²) in [6, 6.07) is 0. The van der Waals surface area contributed by atoms with E-state index in [1.54, 1.807) is 18.5 Å². The molecule has 102 valence electrons. The van der Waals surface area contributed by atoms with Gasteiger partial charge in [0.05, 0.1) is 0 Å². The van der Waals surface area contributed by atoms with Gasteiger partial charge in [0.15, 0.2) is 5.03 Å². The van der Waals surface area contributed by atoms with Crippen LogP contribution in [0, 0.1) is 12.8 Å². The molecule has 1 aromatic rings. The Labute approximate surface area is 113 Å². The molecule has 18 heavy (non-hydrogen) atoms. The Morgan fingerprint density at radius 3 is 2.78 bits per heavy atom. The number of hydrogen-bond donors (Lipinski definition) is 1. The Hall–Kier alpha value is -0.590. The minimum absolute atomic E-state index is 0.0860. The van der Waals surface area contributed by atoms with Crippen LogP contribution in [0.15, 0.2) is 11.2 Å². The fourth-order valence-corrected chi connectivity index (χ4v) is 3.69. The fraction of sp³-hybridized carbons (Fsp3) is 0.727. The van der Waals surface area contributed by atoms with E-state index >= 15 is 0 Å². The van der Waals surface area contributed by atoms with Crippen molar-refractivity contribution < 1.29 is 8.42 Å². The largest absolute Gasteiger partial charge is 0.337 e. The molecule has 5 nitrogen and oxygen atoms in total. The van der Waals surface area contributed by atoms with E-state index in [1.165, 1.54) is 6.20 Å². The molecule has 7 heteroatoms. The van der Waals surface area contributed by atoms with Crippen LogP contribution in [0.25, 0.3) is 0 Å². The lowest BCUT2D eigenvalue weighted by molar-refractivity contribution is 0.518. The summed E-state index contributed by atoms with van der Waals surface area (Å²) in [5, 5.41) is 0.277. The van der Waals surface area contributed by atoms with E-state index in [9.17, 15) is 8.42 Å². The minimum atomic E-state index is -3.49. The molecule has 0 amide bonds. The molecule has 2 atom stereocenters. The summed E-state index contributed by atoms with van der Waals surface area (Å²) in [7, 11) is -1.72. The van der Waals surface area contributed by atoms with Gasteiger partial charge < -0.3 is 4.57 Å². The molecule has 0 aliphatic heterocycles. The van der Waals surface area contributed by atoms with Crippen LogP contribution >= 0.6 is 11.6 Å². The van der Waals surface area contributed by atoms with Crippen LogP contribution in [0.4, 0.5) is 0 Å². The van der Waals surface area contributed by atoms with Crippen molar-refractivity contribution in [2.75, 3.05) is 6.54 Å². The van der Waals surface area contributed by atoms with Crippen molar-refractivity contribution in [1.29, 1.82) is 0 Å². The number of imidazole rings is 1. The smallest absolute Gasteiger partial charge is 0.259 e. The van der Waals surface area contributed by atoms with Gasteiger partial charge in [-0.25, -0.2) is 18.1 Å². The monoisotopic (exact) mass is 291 g/mol. The molecule has 1 N–H and O–H groups in total. The van der Waals surface area contributed by atoms with Gasteiger partial charge in [0.2, 0.25) is 0 Å². The van der Waals surface area contributed by atoms with E-state index in [4.69, 9.17) is 11.6 Å². The molecule has 1 aromatic heterocycles. The van der Waals surface area contributed by atoms with Gasteiger partial charge in [-0.1, -0.05) is 0 Å². The third kappa shape index (κ3) is 3.05. The quantitative estimate of drug-likeness (QED) is 0.853. The topological polar surface area (TPSA) is 64.0 Å². The van der Waals surface area contributed by atoms with Gasteiger partial charge in [-0.2, -0.15) is 0 Å². The van der Waals surface area contributed by atoms with Crippen LogP contribution in [-0.2, 0) is 17.1 Å². The summed E-state index contributed by atoms with van der Waals surface area (Å²) in [4.78, 5) is 4.03. The number of alkyl halides is 1. The Kier molecular flexibility index (Phi) is 3.99. The molecular weight excluding hydrogens is 274 g/mol. The highest BCUT2D eigenvalue weighted by atomic mass is 35.5. The Balaban J connectivity index is 1.99. The number of nitrogens with zero attached hydrogens (tertiary/aromatic N) is 2. The molecule has 0 saturated heterocycles. The molecule has 0 spiro atoms. The van der Waals surface area contributed by atoms with Gasteiger partial charge >= 0.3 is 0 Å². The molecule has 1 fully saturated rings. The highest BCUT2D eigenvalue weighted by Crippen LogP contribution is 2.29. The Bertz CT molecular complexity index is 507. The van der Waals surface area contributed by atoms with Crippen molar-refractivity contribution in [3.05, 3.63) is 12.0 Å². The SMILES string of the molecule is Cc1nc(S(=O)(=O)NCC2CCC(Cl)C2)cn1C. The first-order valence-corrected chi connectivity index (χ1v) is 7.94. The highest BCUT2D eigenvalue weighted by molar-refractivity contribution is 7.89. The molecule has 1 saturated carbocycles. The van der Waals surface area contributed by atoms with Crippen LogP contribution in [0.2, 0.25) is 0 Å². The molecule has 0 aromatic carbocycles. The van der Waals surface area contributed by atoms with Crippen LogP contribution < -0.4 is 4.72 Å². The first-order valence-electron chi connectivity index (χ1n) is 6.02. The van der Waals surface area contributed by atoms with Crippen molar-refractivity contribution in [2.24, 2.45) is 13.0 Å². The summed E-state index contributed by atoms with van der Waals surface area (Å²) in [5.41, 5.74) is 0.